The zero-order valence-electron chi connectivity index (χ0n) is 11.6. The fraction of sp³-hybridized carbons (Fsp3) is 0.429. The van der Waals surface area contributed by atoms with Gasteiger partial charge in [0.1, 0.15) is 0 Å². The number of rotatable bonds is 5. The third-order valence-electron chi connectivity index (χ3n) is 2.87. The molecule has 5 nitrogen and oxygen atoms in total. The first-order chi connectivity index (χ1) is 9.01. The van der Waals surface area contributed by atoms with E-state index in [1.165, 1.54) is 10.5 Å². The van der Waals surface area contributed by atoms with Crippen LogP contribution in [0, 0.1) is 0 Å². The molecule has 0 bridgehead atoms. The van der Waals surface area contributed by atoms with E-state index in [0.29, 0.717) is 5.69 Å². The van der Waals surface area contributed by atoms with E-state index in [1.807, 2.05) is 24.3 Å². The Hall–Kier alpha value is -1.88. The van der Waals surface area contributed by atoms with Gasteiger partial charge in [-0.3, -0.25) is 4.79 Å². The molecule has 104 valence electrons. The highest BCUT2D eigenvalue weighted by Gasteiger charge is 2.27. The monoisotopic (exact) mass is 264 g/mol. The lowest BCUT2D eigenvalue weighted by molar-refractivity contribution is -0.147. The Morgan fingerprint density at radius 2 is 1.84 bits per heavy atom. The molecule has 1 rings (SSSR count). The topological polar surface area (TPSA) is 72.6 Å². The summed E-state index contributed by atoms with van der Waals surface area (Å²) < 4.78 is 4.74. The minimum absolute atomic E-state index is 0.203. The standard InChI is InChI=1S/C14H20N2O3/c1-4-10-6-8-11(9-7-10)16(3)13(17)12(15)14(18)19-5-2/h6-9,12H,4-5,15H2,1-3H3. The summed E-state index contributed by atoms with van der Waals surface area (Å²) in [5.41, 5.74) is 7.45. The number of anilines is 1. The van der Waals surface area contributed by atoms with E-state index in [0.717, 1.165) is 6.42 Å². The van der Waals surface area contributed by atoms with Gasteiger partial charge in [-0.2, -0.15) is 0 Å². The summed E-state index contributed by atoms with van der Waals surface area (Å²) in [5.74, 6) is -1.19. The second kappa shape index (κ2) is 6.89. The summed E-state index contributed by atoms with van der Waals surface area (Å²) in [5, 5.41) is 0. The van der Waals surface area contributed by atoms with Crippen molar-refractivity contribution in [1.29, 1.82) is 0 Å². The van der Waals surface area contributed by atoms with Crippen LogP contribution in [0.25, 0.3) is 0 Å². The molecule has 0 fully saturated rings. The van der Waals surface area contributed by atoms with Crippen LogP contribution >= 0.6 is 0 Å². The molecule has 1 aromatic carbocycles. The number of carbonyl (C=O) groups is 2. The molecule has 0 aliphatic heterocycles. The van der Waals surface area contributed by atoms with Crippen molar-refractivity contribution in [3.05, 3.63) is 29.8 Å². The van der Waals surface area contributed by atoms with Gasteiger partial charge < -0.3 is 15.4 Å². The van der Waals surface area contributed by atoms with Gasteiger partial charge in [0, 0.05) is 12.7 Å². The molecule has 19 heavy (non-hydrogen) atoms. The van der Waals surface area contributed by atoms with Crippen molar-refractivity contribution in [2.45, 2.75) is 26.3 Å². The maximum Gasteiger partial charge on any atom is 0.332 e. The Morgan fingerprint density at radius 3 is 2.32 bits per heavy atom. The molecule has 1 amide bonds. The van der Waals surface area contributed by atoms with Gasteiger partial charge in [-0.1, -0.05) is 19.1 Å². The van der Waals surface area contributed by atoms with Crippen molar-refractivity contribution in [1.82, 2.24) is 0 Å². The fourth-order valence-corrected chi connectivity index (χ4v) is 1.62. The molecule has 0 aromatic heterocycles. The van der Waals surface area contributed by atoms with E-state index in [1.54, 1.807) is 14.0 Å². The van der Waals surface area contributed by atoms with Gasteiger partial charge in [-0.25, -0.2) is 4.79 Å². The number of nitrogens with two attached hydrogens (primary N) is 1. The van der Waals surface area contributed by atoms with Crippen molar-refractivity contribution >= 4 is 17.6 Å². The first-order valence-corrected chi connectivity index (χ1v) is 6.30. The van der Waals surface area contributed by atoms with E-state index in [4.69, 9.17) is 10.5 Å². The summed E-state index contributed by atoms with van der Waals surface area (Å²) in [4.78, 5) is 24.8. The molecule has 0 saturated carbocycles. The predicted octanol–water partition coefficient (Wildman–Crippen LogP) is 1.10. The molecule has 1 atom stereocenters. The maximum absolute atomic E-state index is 12.0. The highest BCUT2D eigenvalue weighted by molar-refractivity contribution is 6.09. The number of nitrogens with zero attached hydrogens (tertiary/aromatic N) is 1. The summed E-state index contributed by atoms with van der Waals surface area (Å²) in [7, 11) is 1.59. The van der Waals surface area contributed by atoms with Crippen LogP contribution in [0.5, 0.6) is 0 Å². The fourth-order valence-electron chi connectivity index (χ4n) is 1.62. The largest absolute Gasteiger partial charge is 0.464 e. The molecule has 1 unspecified atom stereocenters. The molecule has 5 heteroatoms. The first kappa shape index (κ1) is 15.2. The third-order valence-corrected chi connectivity index (χ3v) is 2.87. The van der Waals surface area contributed by atoms with Crippen LogP contribution in [0.15, 0.2) is 24.3 Å². The van der Waals surface area contributed by atoms with Crippen LogP contribution in [0.3, 0.4) is 0 Å². The minimum Gasteiger partial charge on any atom is -0.464 e. The molecular formula is C14H20N2O3. The highest BCUT2D eigenvalue weighted by Crippen LogP contribution is 2.15. The molecule has 0 aliphatic rings. The highest BCUT2D eigenvalue weighted by atomic mass is 16.5. The van der Waals surface area contributed by atoms with Crippen LogP contribution in [0.1, 0.15) is 19.4 Å². The third kappa shape index (κ3) is 3.79. The van der Waals surface area contributed by atoms with Crippen molar-refractivity contribution in [3.63, 3.8) is 0 Å². The number of ether oxygens (including phenoxy) is 1. The number of esters is 1. The maximum atomic E-state index is 12.0. The lowest BCUT2D eigenvalue weighted by Gasteiger charge is -2.20. The van der Waals surface area contributed by atoms with Crippen LogP contribution in [-0.2, 0) is 20.7 Å². The zero-order chi connectivity index (χ0) is 14.4. The molecule has 1 aromatic rings. The van der Waals surface area contributed by atoms with Crippen LogP contribution < -0.4 is 10.6 Å². The van der Waals surface area contributed by atoms with Gasteiger partial charge in [0.2, 0.25) is 0 Å². The number of benzene rings is 1. The number of likely N-dealkylation sites (N-methyl/N-ethyl adjacent to an activating group) is 1. The summed E-state index contributed by atoms with van der Waals surface area (Å²) >= 11 is 0. The van der Waals surface area contributed by atoms with E-state index in [-0.39, 0.29) is 6.61 Å². The van der Waals surface area contributed by atoms with E-state index in [2.05, 4.69) is 6.92 Å². The molecule has 0 saturated heterocycles. The predicted molar refractivity (Wildman–Crippen MR) is 73.8 cm³/mol. The van der Waals surface area contributed by atoms with Crippen molar-refractivity contribution in [2.24, 2.45) is 5.73 Å². The number of aryl methyl sites for hydroxylation is 1. The molecular weight excluding hydrogens is 244 g/mol. The molecule has 0 spiro atoms. The number of amides is 1. The number of hydrogen-bond donors (Lipinski definition) is 1. The van der Waals surface area contributed by atoms with Crippen molar-refractivity contribution < 1.29 is 14.3 Å². The van der Waals surface area contributed by atoms with Crippen LogP contribution in [0.2, 0.25) is 0 Å². The summed E-state index contributed by atoms with van der Waals surface area (Å²) in [6, 6.07) is 6.25. The first-order valence-electron chi connectivity index (χ1n) is 6.30. The average Bonchev–Trinajstić information content (AvgIpc) is 2.45. The Labute approximate surface area is 113 Å². The summed E-state index contributed by atoms with van der Waals surface area (Å²) in [6.07, 6.45) is 0.931. The van der Waals surface area contributed by atoms with Gasteiger partial charge >= 0.3 is 5.97 Å². The van der Waals surface area contributed by atoms with Gasteiger partial charge in [0.25, 0.3) is 5.91 Å². The molecule has 0 radical (unpaired) electrons. The van der Waals surface area contributed by atoms with E-state index in [9.17, 15) is 9.59 Å². The lowest BCUT2D eigenvalue weighted by atomic mass is 10.1. The van der Waals surface area contributed by atoms with Crippen molar-refractivity contribution in [3.8, 4) is 0 Å². The van der Waals surface area contributed by atoms with Gasteiger partial charge in [-0.05, 0) is 31.0 Å². The number of carbonyl (C=O) groups excluding carboxylic acids is 2. The second-order valence-electron chi connectivity index (χ2n) is 4.15. The Bertz CT molecular complexity index is 443. The van der Waals surface area contributed by atoms with Gasteiger partial charge in [-0.15, -0.1) is 0 Å². The Balaban J connectivity index is 2.77. The molecule has 2 N–H and O–H groups in total. The van der Waals surface area contributed by atoms with Gasteiger partial charge in [0.15, 0.2) is 6.04 Å². The van der Waals surface area contributed by atoms with E-state index >= 15 is 0 Å². The Kier molecular flexibility index (Phi) is 5.51. The lowest BCUT2D eigenvalue weighted by Crippen LogP contribution is -2.47. The van der Waals surface area contributed by atoms with Crippen LogP contribution in [-0.4, -0.2) is 31.6 Å². The summed E-state index contributed by atoms with van der Waals surface area (Å²) in [6.45, 7) is 3.93. The normalized spacial score (nSPS) is 11.8. The molecule has 0 heterocycles. The quantitative estimate of drug-likeness (QED) is 0.638. The average molecular weight is 264 g/mol. The molecule has 0 aliphatic carbocycles. The minimum atomic E-state index is -1.28. The van der Waals surface area contributed by atoms with Crippen molar-refractivity contribution in [2.75, 3.05) is 18.6 Å². The van der Waals surface area contributed by atoms with E-state index < -0.39 is 17.9 Å². The SMILES string of the molecule is CCOC(=O)C(N)C(=O)N(C)c1ccc(CC)cc1. The zero-order valence-corrected chi connectivity index (χ0v) is 11.6. The second-order valence-corrected chi connectivity index (χ2v) is 4.15. The number of hydrogen-bond acceptors (Lipinski definition) is 4. The Morgan fingerprint density at radius 1 is 1.26 bits per heavy atom. The smallest absolute Gasteiger partial charge is 0.332 e. The van der Waals surface area contributed by atoms with Gasteiger partial charge in [0.05, 0.1) is 6.61 Å². The van der Waals surface area contributed by atoms with Crippen LogP contribution in [0.4, 0.5) is 5.69 Å².